The van der Waals surface area contributed by atoms with E-state index in [2.05, 4.69) is 0 Å². The quantitative estimate of drug-likeness (QED) is 0.528. The van der Waals surface area contributed by atoms with E-state index in [0.29, 0.717) is 24.3 Å². The standard InChI is InChI=1S/C28H31N3O3.ClH/c1-18(2)15-26(32)30-17-23(19(3)27(29)33)28(34)31(25-14-7-6-13-24(25)30)16-21-11-8-10-20-9-4-5-12-22(20)21;/h4-14,18-19,23H,15-17H2,1-3H3,(H2,29,33);1H/t19?,23-;/m1./s1. The first-order chi connectivity index (χ1) is 16.3. The molecule has 1 aliphatic rings. The molecule has 0 aromatic heterocycles. The molecule has 0 saturated carbocycles. The molecule has 0 saturated heterocycles. The molecular weight excluding hydrogens is 462 g/mol. The Morgan fingerprint density at radius 1 is 0.943 bits per heavy atom. The summed E-state index contributed by atoms with van der Waals surface area (Å²) >= 11 is 0. The van der Waals surface area contributed by atoms with Crippen LogP contribution in [0.5, 0.6) is 0 Å². The van der Waals surface area contributed by atoms with Crippen LogP contribution in [0.4, 0.5) is 11.4 Å². The number of fused-ring (bicyclic) bond motifs is 2. The lowest BCUT2D eigenvalue weighted by Crippen LogP contribution is -2.45. The fourth-order valence-electron chi connectivity index (χ4n) is 4.64. The van der Waals surface area contributed by atoms with Crippen molar-refractivity contribution in [3.8, 4) is 0 Å². The molecule has 0 fully saturated rings. The summed E-state index contributed by atoms with van der Waals surface area (Å²) in [6.07, 6.45) is 0.351. The zero-order valence-corrected chi connectivity index (χ0v) is 21.1. The lowest BCUT2D eigenvalue weighted by molar-refractivity contribution is -0.131. The van der Waals surface area contributed by atoms with Gasteiger partial charge in [-0.05, 0) is 34.4 Å². The van der Waals surface area contributed by atoms with E-state index in [9.17, 15) is 14.4 Å². The second-order valence-corrected chi connectivity index (χ2v) is 9.45. The summed E-state index contributed by atoms with van der Waals surface area (Å²) in [5, 5.41) is 2.15. The van der Waals surface area contributed by atoms with Crippen molar-refractivity contribution < 1.29 is 14.4 Å². The molecule has 0 spiro atoms. The zero-order valence-electron chi connectivity index (χ0n) is 20.3. The van der Waals surface area contributed by atoms with E-state index < -0.39 is 17.7 Å². The molecule has 1 heterocycles. The van der Waals surface area contributed by atoms with Crippen molar-refractivity contribution in [1.29, 1.82) is 0 Å². The third-order valence-corrected chi connectivity index (χ3v) is 6.57. The number of para-hydroxylation sites is 2. The van der Waals surface area contributed by atoms with E-state index in [1.165, 1.54) is 0 Å². The first-order valence-corrected chi connectivity index (χ1v) is 11.7. The zero-order chi connectivity index (χ0) is 24.4. The molecule has 3 aromatic rings. The molecular formula is C28H32ClN3O3. The largest absolute Gasteiger partial charge is 0.369 e. The smallest absolute Gasteiger partial charge is 0.233 e. The average molecular weight is 494 g/mol. The minimum atomic E-state index is -0.740. The Labute approximate surface area is 212 Å². The van der Waals surface area contributed by atoms with Crippen LogP contribution in [-0.2, 0) is 20.9 Å². The van der Waals surface area contributed by atoms with Crippen molar-refractivity contribution >= 4 is 52.3 Å². The topological polar surface area (TPSA) is 83.7 Å². The normalized spacial score (nSPS) is 16.5. The van der Waals surface area contributed by atoms with Gasteiger partial charge in [0.05, 0.1) is 23.8 Å². The highest BCUT2D eigenvalue weighted by Crippen LogP contribution is 2.38. The fourth-order valence-corrected chi connectivity index (χ4v) is 4.64. The van der Waals surface area contributed by atoms with E-state index in [1.54, 1.807) is 16.7 Å². The number of rotatable bonds is 6. The van der Waals surface area contributed by atoms with E-state index >= 15 is 0 Å². The van der Waals surface area contributed by atoms with Gasteiger partial charge in [-0.3, -0.25) is 14.4 Å². The second kappa shape index (κ2) is 10.9. The molecule has 2 atom stereocenters. The van der Waals surface area contributed by atoms with Gasteiger partial charge in [-0.25, -0.2) is 0 Å². The predicted molar refractivity (Wildman–Crippen MR) is 142 cm³/mol. The Bertz CT molecular complexity index is 1240. The number of halogens is 1. The lowest BCUT2D eigenvalue weighted by Gasteiger charge is -2.27. The molecule has 35 heavy (non-hydrogen) atoms. The highest BCUT2D eigenvalue weighted by Gasteiger charge is 2.40. The summed E-state index contributed by atoms with van der Waals surface area (Å²) < 4.78 is 0. The molecule has 1 aliphatic heterocycles. The molecule has 3 aromatic carbocycles. The van der Waals surface area contributed by atoms with Crippen molar-refractivity contribution in [3.63, 3.8) is 0 Å². The van der Waals surface area contributed by atoms with Crippen LogP contribution < -0.4 is 15.5 Å². The minimum absolute atomic E-state index is 0. The molecule has 7 heteroatoms. The number of nitrogens with zero attached hydrogens (tertiary/aromatic N) is 2. The number of benzene rings is 3. The fraction of sp³-hybridized carbons (Fsp3) is 0.321. The van der Waals surface area contributed by atoms with Crippen LogP contribution >= 0.6 is 12.4 Å². The molecule has 6 nitrogen and oxygen atoms in total. The van der Waals surface area contributed by atoms with Gasteiger partial charge in [-0.2, -0.15) is 0 Å². The Balaban J connectivity index is 0.00000342. The highest BCUT2D eigenvalue weighted by molar-refractivity contribution is 6.07. The van der Waals surface area contributed by atoms with Gasteiger partial charge in [0.1, 0.15) is 0 Å². The number of anilines is 2. The number of primary amides is 1. The first-order valence-electron chi connectivity index (χ1n) is 11.7. The maximum Gasteiger partial charge on any atom is 0.233 e. The third-order valence-electron chi connectivity index (χ3n) is 6.57. The summed E-state index contributed by atoms with van der Waals surface area (Å²) in [5.41, 5.74) is 7.99. The van der Waals surface area contributed by atoms with Gasteiger partial charge in [0.2, 0.25) is 17.7 Å². The van der Waals surface area contributed by atoms with E-state index in [1.807, 2.05) is 80.6 Å². The molecule has 0 aliphatic carbocycles. The van der Waals surface area contributed by atoms with Gasteiger partial charge in [-0.1, -0.05) is 75.4 Å². The number of hydrogen-bond donors (Lipinski definition) is 1. The summed E-state index contributed by atoms with van der Waals surface area (Å²) in [6.45, 7) is 6.09. The van der Waals surface area contributed by atoms with Crippen LogP contribution in [0.25, 0.3) is 10.8 Å². The van der Waals surface area contributed by atoms with Crippen LogP contribution in [0.1, 0.15) is 32.8 Å². The summed E-state index contributed by atoms with van der Waals surface area (Å²) in [7, 11) is 0. The van der Waals surface area contributed by atoms with Gasteiger partial charge in [0, 0.05) is 18.9 Å². The molecule has 0 radical (unpaired) electrons. The average Bonchev–Trinajstić information content (AvgIpc) is 2.93. The predicted octanol–water partition coefficient (Wildman–Crippen LogP) is 4.93. The van der Waals surface area contributed by atoms with Crippen LogP contribution in [0.2, 0.25) is 0 Å². The van der Waals surface area contributed by atoms with E-state index in [0.717, 1.165) is 16.3 Å². The van der Waals surface area contributed by atoms with Gasteiger partial charge < -0.3 is 15.5 Å². The summed E-state index contributed by atoms with van der Waals surface area (Å²) in [5.74, 6) is -2.11. The van der Waals surface area contributed by atoms with E-state index in [4.69, 9.17) is 5.73 Å². The number of nitrogens with two attached hydrogens (primary N) is 1. The Morgan fingerprint density at radius 3 is 2.26 bits per heavy atom. The lowest BCUT2D eigenvalue weighted by atomic mass is 9.91. The molecule has 2 N–H and O–H groups in total. The van der Waals surface area contributed by atoms with E-state index in [-0.39, 0.29) is 36.7 Å². The number of carbonyl (C=O) groups excluding carboxylic acids is 3. The highest BCUT2D eigenvalue weighted by atomic mass is 35.5. The second-order valence-electron chi connectivity index (χ2n) is 9.45. The number of carbonyl (C=O) groups is 3. The molecule has 0 bridgehead atoms. The SMILES string of the molecule is CC(C)CC(=O)N1C[C@H](C(C)C(N)=O)C(=O)N(Cc2cccc3ccccc23)c2ccccc21.Cl. The van der Waals surface area contributed by atoms with Crippen LogP contribution in [0.3, 0.4) is 0 Å². The minimum Gasteiger partial charge on any atom is -0.369 e. The van der Waals surface area contributed by atoms with Crippen molar-refractivity contribution in [2.24, 2.45) is 23.5 Å². The van der Waals surface area contributed by atoms with Gasteiger partial charge in [0.15, 0.2) is 0 Å². The molecule has 3 amide bonds. The third kappa shape index (κ3) is 5.33. The summed E-state index contributed by atoms with van der Waals surface area (Å²) in [4.78, 5) is 42.8. The Kier molecular flexibility index (Phi) is 8.18. The van der Waals surface area contributed by atoms with Crippen LogP contribution in [-0.4, -0.2) is 24.3 Å². The van der Waals surface area contributed by atoms with Crippen molar-refractivity contribution in [1.82, 2.24) is 0 Å². The van der Waals surface area contributed by atoms with Crippen molar-refractivity contribution in [3.05, 3.63) is 72.3 Å². The molecule has 184 valence electrons. The number of amides is 3. The molecule has 4 rings (SSSR count). The van der Waals surface area contributed by atoms with Crippen LogP contribution in [0, 0.1) is 17.8 Å². The van der Waals surface area contributed by atoms with Gasteiger partial charge >= 0.3 is 0 Å². The van der Waals surface area contributed by atoms with Gasteiger partial charge in [-0.15, -0.1) is 12.4 Å². The maximum absolute atomic E-state index is 14.0. The van der Waals surface area contributed by atoms with Crippen molar-refractivity contribution in [2.75, 3.05) is 16.3 Å². The summed E-state index contributed by atoms with van der Waals surface area (Å²) in [6, 6.07) is 21.6. The van der Waals surface area contributed by atoms with Gasteiger partial charge in [0.25, 0.3) is 0 Å². The first kappa shape index (κ1) is 26.2. The van der Waals surface area contributed by atoms with Crippen LogP contribution in [0.15, 0.2) is 66.7 Å². The van der Waals surface area contributed by atoms with Crippen molar-refractivity contribution in [2.45, 2.75) is 33.7 Å². The maximum atomic E-state index is 14.0. The monoisotopic (exact) mass is 493 g/mol. The Morgan fingerprint density at radius 2 is 1.57 bits per heavy atom. The number of hydrogen-bond acceptors (Lipinski definition) is 3. The Hall–Kier alpha value is -3.38. The molecule has 1 unspecified atom stereocenters.